The molecule has 0 saturated carbocycles. The van der Waals surface area contributed by atoms with Gasteiger partial charge in [0.15, 0.2) is 0 Å². The first-order valence-corrected chi connectivity index (χ1v) is 5.47. The molecule has 1 fully saturated rings. The zero-order valence-electron chi connectivity index (χ0n) is 9.71. The van der Waals surface area contributed by atoms with Crippen LogP contribution in [0.3, 0.4) is 0 Å². The molecule has 1 saturated heterocycles. The molecule has 2 N–H and O–H groups in total. The van der Waals surface area contributed by atoms with E-state index in [1.807, 2.05) is 30.3 Å². The van der Waals surface area contributed by atoms with Crippen molar-refractivity contribution in [1.82, 2.24) is 5.01 Å². The van der Waals surface area contributed by atoms with E-state index in [2.05, 4.69) is 0 Å². The Hall–Kier alpha value is -1.59. The molecule has 0 aliphatic carbocycles. The number of nitrogens with zero attached hydrogens (tertiary/aromatic N) is 2. The molecule has 1 aromatic carbocycles. The molecule has 0 radical (unpaired) electrons. The first-order chi connectivity index (χ1) is 8.14. The third-order valence-electron chi connectivity index (χ3n) is 3.22. The maximum Gasteiger partial charge on any atom is 0.253 e. The predicted molar refractivity (Wildman–Crippen MR) is 63.2 cm³/mol. The third-order valence-corrected chi connectivity index (χ3v) is 3.22. The summed E-state index contributed by atoms with van der Waals surface area (Å²) < 4.78 is 0. The molecule has 0 bridgehead atoms. The number of carbonyl (C=O) groups excluding carboxylic acids is 1. The van der Waals surface area contributed by atoms with E-state index in [-0.39, 0.29) is 19.1 Å². The fourth-order valence-corrected chi connectivity index (χ4v) is 2.06. The Morgan fingerprint density at radius 3 is 2.29 bits per heavy atom. The van der Waals surface area contributed by atoms with Gasteiger partial charge in [-0.2, -0.15) is 0 Å². The van der Waals surface area contributed by atoms with Crippen LogP contribution in [0.4, 0.5) is 5.69 Å². The summed E-state index contributed by atoms with van der Waals surface area (Å²) in [5.41, 5.74) is -0.225. The maximum atomic E-state index is 12.0. The first kappa shape index (κ1) is 11.9. The van der Waals surface area contributed by atoms with Crippen LogP contribution in [0.5, 0.6) is 0 Å². The summed E-state index contributed by atoms with van der Waals surface area (Å²) in [5.74, 6) is -0.258. The first-order valence-electron chi connectivity index (χ1n) is 5.47. The van der Waals surface area contributed by atoms with E-state index in [9.17, 15) is 15.0 Å². The summed E-state index contributed by atoms with van der Waals surface area (Å²) in [5, 5.41) is 21.9. The van der Waals surface area contributed by atoms with Crippen LogP contribution in [0, 0.1) is 5.41 Å². The predicted octanol–water partition coefficient (Wildman–Crippen LogP) is -0.149. The van der Waals surface area contributed by atoms with Crippen LogP contribution in [0.15, 0.2) is 30.3 Å². The highest BCUT2D eigenvalue weighted by Crippen LogP contribution is 2.32. The zero-order valence-corrected chi connectivity index (χ0v) is 9.71. The fraction of sp³-hybridized carbons (Fsp3) is 0.417. The molecule has 5 nitrogen and oxygen atoms in total. The second-order valence-corrected chi connectivity index (χ2v) is 4.32. The SMILES string of the molecule is CN1C(=O)C(CO)(CO)CN1c1ccccc1. The van der Waals surface area contributed by atoms with Crippen molar-refractivity contribution >= 4 is 11.6 Å². The Kier molecular flexibility index (Phi) is 3.04. The summed E-state index contributed by atoms with van der Waals surface area (Å²) in [6, 6.07) is 9.42. The Bertz CT molecular complexity index is 403. The number of rotatable bonds is 3. The molecule has 1 amide bonds. The average molecular weight is 236 g/mol. The summed E-state index contributed by atoms with van der Waals surface area (Å²) in [6.45, 7) is -0.411. The largest absolute Gasteiger partial charge is 0.395 e. The van der Waals surface area contributed by atoms with Gasteiger partial charge >= 0.3 is 0 Å². The van der Waals surface area contributed by atoms with Gasteiger partial charge in [-0.15, -0.1) is 0 Å². The lowest BCUT2D eigenvalue weighted by molar-refractivity contribution is -0.138. The minimum absolute atomic E-state index is 0.258. The van der Waals surface area contributed by atoms with Crippen molar-refractivity contribution in [3.63, 3.8) is 0 Å². The van der Waals surface area contributed by atoms with Gasteiger partial charge in [0.05, 0.1) is 25.4 Å². The van der Waals surface area contributed by atoms with E-state index in [0.29, 0.717) is 6.54 Å². The van der Waals surface area contributed by atoms with Crippen LogP contribution >= 0.6 is 0 Å². The summed E-state index contributed by atoms with van der Waals surface area (Å²) in [6.07, 6.45) is 0. The normalized spacial score (nSPS) is 18.9. The lowest BCUT2D eigenvalue weighted by Gasteiger charge is -2.25. The van der Waals surface area contributed by atoms with Crippen LogP contribution in [0.1, 0.15) is 0 Å². The van der Waals surface area contributed by atoms with E-state index < -0.39 is 5.41 Å². The number of aliphatic hydroxyl groups excluding tert-OH is 2. The topological polar surface area (TPSA) is 64.0 Å². The van der Waals surface area contributed by atoms with E-state index in [4.69, 9.17) is 0 Å². The summed E-state index contributed by atoms with van der Waals surface area (Å²) in [4.78, 5) is 12.0. The molecule has 1 aromatic rings. The van der Waals surface area contributed by atoms with Crippen molar-refractivity contribution in [3.05, 3.63) is 30.3 Å². The number of para-hydroxylation sites is 1. The minimum atomic E-state index is -1.09. The van der Waals surface area contributed by atoms with Gasteiger partial charge < -0.3 is 10.2 Å². The molecule has 17 heavy (non-hydrogen) atoms. The number of anilines is 1. The van der Waals surface area contributed by atoms with Crippen molar-refractivity contribution < 1.29 is 15.0 Å². The van der Waals surface area contributed by atoms with Crippen molar-refractivity contribution in [2.45, 2.75) is 0 Å². The summed E-state index contributed by atoms with van der Waals surface area (Å²) >= 11 is 0. The van der Waals surface area contributed by atoms with Crippen LogP contribution in [-0.4, -0.2) is 47.9 Å². The van der Waals surface area contributed by atoms with Crippen molar-refractivity contribution in [1.29, 1.82) is 0 Å². The molecule has 5 heteroatoms. The number of benzene rings is 1. The summed E-state index contributed by atoms with van der Waals surface area (Å²) in [7, 11) is 1.64. The maximum absolute atomic E-state index is 12.0. The Labute approximate surface area is 99.9 Å². The molecule has 1 aliphatic rings. The van der Waals surface area contributed by atoms with E-state index >= 15 is 0 Å². The fourth-order valence-electron chi connectivity index (χ4n) is 2.06. The zero-order chi connectivity index (χ0) is 12.5. The van der Waals surface area contributed by atoms with Gasteiger partial charge in [0.25, 0.3) is 5.91 Å². The van der Waals surface area contributed by atoms with E-state index in [1.54, 1.807) is 12.1 Å². The Balaban J connectivity index is 2.32. The van der Waals surface area contributed by atoms with Gasteiger partial charge in [0.2, 0.25) is 0 Å². The van der Waals surface area contributed by atoms with Crippen molar-refractivity contribution in [2.75, 3.05) is 31.8 Å². The lowest BCUT2D eigenvalue weighted by atomic mass is 9.90. The number of hydrazine groups is 1. The van der Waals surface area contributed by atoms with Crippen LogP contribution in [-0.2, 0) is 4.79 Å². The van der Waals surface area contributed by atoms with Gasteiger partial charge in [0, 0.05) is 7.05 Å². The number of aliphatic hydroxyl groups is 2. The smallest absolute Gasteiger partial charge is 0.253 e. The monoisotopic (exact) mass is 236 g/mol. The van der Waals surface area contributed by atoms with Gasteiger partial charge in [0.1, 0.15) is 5.41 Å². The van der Waals surface area contributed by atoms with Gasteiger partial charge in [-0.05, 0) is 12.1 Å². The van der Waals surface area contributed by atoms with Crippen molar-refractivity contribution in [3.8, 4) is 0 Å². The molecule has 1 heterocycles. The number of hydrogen-bond donors (Lipinski definition) is 2. The molecule has 0 unspecified atom stereocenters. The number of carbonyl (C=O) groups is 1. The minimum Gasteiger partial charge on any atom is -0.395 e. The highest BCUT2D eigenvalue weighted by molar-refractivity contribution is 5.88. The molecule has 0 aromatic heterocycles. The van der Waals surface area contributed by atoms with Gasteiger partial charge in [-0.3, -0.25) is 14.8 Å². The Morgan fingerprint density at radius 1 is 1.24 bits per heavy atom. The molecule has 0 spiro atoms. The molecule has 92 valence electrons. The van der Waals surface area contributed by atoms with Crippen LogP contribution in [0.25, 0.3) is 0 Å². The second-order valence-electron chi connectivity index (χ2n) is 4.32. The highest BCUT2D eigenvalue weighted by Gasteiger charge is 2.49. The second kappa shape index (κ2) is 4.35. The number of amides is 1. The van der Waals surface area contributed by atoms with Crippen LogP contribution < -0.4 is 5.01 Å². The number of hydrogen-bond acceptors (Lipinski definition) is 4. The molecular formula is C12H16N2O3. The molecule has 0 atom stereocenters. The van der Waals surface area contributed by atoms with E-state index in [0.717, 1.165) is 5.69 Å². The van der Waals surface area contributed by atoms with Crippen LogP contribution in [0.2, 0.25) is 0 Å². The molecule has 2 rings (SSSR count). The molecule has 1 aliphatic heterocycles. The van der Waals surface area contributed by atoms with Gasteiger partial charge in [-0.25, -0.2) is 0 Å². The van der Waals surface area contributed by atoms with Gasteiger partial charge in [-0.1, -0.05) is 18.2 Å². The average Bonchev–Trinajstić information content (AvgIpc) is 2.65. The Morgan fingerprint density at radius 2 is 1.82 bits per heavy atom. The quantitative estimate of drug-likeness (QED) is 0.766. The third kappa shape index (κ3) is 1.77. The standard InChI is InChI=1S/C12H16N2O3/c1-13-11(17)12(8-15,9-16)7-14(13)10-5-3-2-4-6-10/h2-6,15-16H,7-9H2,1H3. The highest BCUT2D eigenvalue weighted by atomic mass is 16.3. The van der Waals surface area contributed by atoms with Crippen molar-refractivity contribution in [2.24, 2.45) is 5.41 Å². The van der Waals surface area contributed by atoms with E-state index in [1.165, 1.54) is 5.01 Å². The lowest BCUT2D eigenvalue weighted by Crippen LogP contribution is -2.40. The molecular weight excluding hydrogens is 220 g/mol.